The van der Waals surface area contributed by atoms with E-state index in [9.17, 15) is 4.79 Å². The van der Waals surface area contributed by atoms with E-state index in [1.165, 1.54) is 5.56 Å². The summed E-state index contributed by atoms with van der Waals surface area (Å²) in [4.78, 5) is 12.6. The SMILES string of the molecule is Cc1ccc(-c2cc(C(=O)NC(C)c3ccc4c(c3)OCCO4)[nH]n2)cc1. The molecule has 0 radical (unpaired) electrons. The summed E-state index contributed by atoms with van der Waals surface area (Å²) in [6, 6.07) is 15.3. The van der Waals surface area contributed by atoms with Crippen LogP contribution in [0.5, 0.6) is 11.5 Å². The highest BCUT2D eigenvalue weighted by Crippen LogP contribution is 2.32. The third-order valence-corrected chi connectivity index (χ3v) is 4.58. The van der Waals surface area contributed by atoms with Crippen LogP contribution >= 0.6 is 0 Å². The minimum atomic E-state index is -0.205. The molecule has 0 saturated carbocycles. The second-order valence-electron chi connectivity index (χ2n) is 6.63. The first kappa shape index (κ1) is 17.1. The highest BCUT2D eigenvalue weighted by atomic mass is 16.6. The number of fused-ring (bicyclic) bond motifs is 1. The molecule has 1 aromatic heterocycles. The van der Waals surface area contributed by atoms with Crippen molar-refractivity contribution in [3.63, 3.8) is 0 Å². The van der Waals surface area contributed by atoms with Crippen LogP contribution in [0, 0.1) is 6.92 Å². The van der Waals surface area contributed by atoms with Gasteiger partial charge in [0.05, 0.1) is 11.7 Å². The number of hydrogen-bond donors (Lipinski definition) is 2. The molecule has 0 aliphatic carbocycles. The van der Waals surface area contributed by atoms with Crippen molar-refractivity contribution in [2.75, 3.05) is 13.2 Å². The first-order valence-electron chi connectivity index (χ1n) is 8.93. The van der Waals surface area contributed by atoms with Crippen molar-refractivity contribution < 1.29 is 14.3 Å². The number of hydrogen-bond acceptors (Lipinski definition) is 4. The number of amides is 1. The molecule has 1 aliphatic rings. The number of nitrogens with one attached hydrogen (secondary N) is 2. The molecule has 0 spiro atoms. The lowest BCUT2D eigenvalue weighted by Crippen LogP contribution is -2.27. The molecule has 1 aliphatic heterocycles. The van der Waals surface area contributed by atoms with E-state index in [0.717, 1.165) is 22.6 Å². The average molecular weight is 363 g/mol. The van der Waals surface area contributed by atoms with Gasteiger partial charge in [0.1, 0.15) is 18.9 Å². The van der Waals surface area contributed by atoms with Crippen LogP contribution in [0.3, 0.4) is 0 Å². The van der Waals surface area contributed by atoms with E-state index in [-0.39, 0.29) is 11.9 Å². The van der Waals surface area contributed by atoms with Crippen LogP contribution in [0.1, 0.15) is 34.6 Å². The van der Waals surface area contributed by atoms with Crippen molar-refractivity contribution in [2.45, 2.75) is 19.9 Å². The minimum absolute atomic E-state index is 0.181. The van der Waals surface area contributed by atoms with Crippen LogP contribution in [0.25, 0.3) is 11.3 Å². The molecule has 4 rings (SSSR count). The summed E-state index contributed by atoms with van der Waals surface area (Å²) in [6.07, 6.45) is 0. The number of aromatic nitrogens is 2. The zero-order valence-electron chi connectivity index (χ0n) is 15.3. The zero-order valence-corrected chi connectivity index (χ0v) is 15.3. The molecule has 1 amide bonds. The zero-order chi connectivity index (χ0) is 18.8. The van der Waals surface area contributed by atoms with E-state index in [2.05, 4.69) is 15.5 Å². The van der Waals surface area contributed by atoms with Crippen LogP contribution in [0.4, 0.5) is 0 Å². The Labute approximate surface area is 157 Å². The molecule has 0 saturated heterocycles. The number of rotatable bonds is 4. The molecule has 6 heteroatoms. The Kier molecular flexibility index (Phi) is 4.54. The Balaban J connectivity index is 1.46. The number of carbonyl (C=O) groups is 1. The molecule has 0 fully saturated rings. The van der Waals surface area contributed by atoms with Crippen molar-refractivity contribution in [3.05, 3.63) is 65.4 Å². The Bertz CT molecular complexity index is 963. The Hall–Kier alpha value is -3.28. The monoisotopic (exact) mass is 363 g/mol. The predicted molar refractivity (Wildman–Crippen MR) is 102 cm³/mol. The van der Waals surface area contributed by atoms with E-state index in [4.69, 9.17) is 9.47 Å². The van der Waals surface area contributed by atoms with E-state index in [1.54, 1.807) is 6.07 Å². The van der Waals surface area contributed by atoms with Gasteiger partial charge < -0.3 is 14.8 Å². The number of ether oxygens (including phenoxy) is 2. The molecule has 3 aromatic rings. The molecular formula is C21H21N3O3. The smallest absolute Gasteiger partial charge is 0.269 e. The second-order valence-corrected chi connectivity index (χ2v) is 6.63. The maximum atomic E-state index is 12.6. The summed E-state index contributed by atoms with van der Waals surface area (Å²) in [5, 5.41) is 10.1. The third kappa shape index (κ3) is 3.65. The van der Waals surface area contributed by atoms with Gasteiger partial charge in [0.25, 0.3) is 5.91 Å². The molecule has 2 N–H and O–H groups in total. The number of benzene rings is 2. The molecule has 6 nitrogen and oxygen atoms in total. The second kappa shape index (κ2) is 7.15. The van der Waals surface area contributed by atoms with Crippen LogP contribution in [-0.2, 0) is 0 Å². The van der Waals surface area contributed by atoms with Gasteiger partial charge in [0.15, 0.2) is 11.5 Å². The normalized spacial score (nSPS) is 13.9. The van der Waals surface area contributed by atoms with Gasteiger partial charge >= 0.3 is 0 Å². The number of aryl methyl sites for hydroxylation is 1. The van der Waals surface area contributed by atoms with Gasteiger partial charge in [-0.2, -0.15) is 5.10 Å². The highest BCUT2D eigenvalue weighted by Gasteiger charge is 2.17. The fraction of sp³-hybridized carbons (Fsp3) is 0.238. The first-order valence-corrected chi connectivity index (χ1v) is 8.93. The number of nitrogens with zero attached hydrogens (tertiary/aromatic N) is 1. The predicted octanol–water partition coefficient (Wildman–Crippen LogP) is 3.65. The standard InChI is InChI=1S/C21H21N3O3/c1-13-3-5-15(6-4-13)17-12-18(24-23-17)21(25)22-14(2)16-7-8-19-20(11-16)27-10-9-26-19/h3-8,11-12,14H,9-10H2,1-2H3,(H,22,25)(H,23,24). The van der Waals surface area contributed by atoms with Gasteiger partial charge in [0.2, 0.25) is 0 Å². The van der Waals surface area contributed by atoms with Crippen LogP contribution < -0.4 is 14.8 Å². The number of carbonyl (C=O) groups excluding carboxylic acids is 1. The Morgan fingerprint density at radius 1 is 1.07 bits per heavy atom. The summed E-state index contributed by atoms with van der Waals surface area (Å²) >= 11 is 0. The van der Waals surface area contributed by atoms with Crippen molar-refractivity contribution in [2.24, 2.45) is 0 Å². The van der Waals surface area contributed by atoms with E-state index < -0.39 is 0 Å². The van der Waals surface area contributed by atoms with E-state index >= 15 is 0 Å². The molecule has 2 heterocycles. The molecule has 1 unspecified atom stereocenters. The van der Waals surface area contributed by atoms with Crippen LogP contribution in [0.2, 0.25) is 0 Å². The first-order chi connectivity index (χ1) is 13.1. The van der Waals surface area contributed by atoms with Crippen molar-refractivity contribution in [1.82, 2.24) is 15.5 Å². The topological polar surface area (TPSA) is 76.2 Å². The van der Waals surface area contributed by atoms with Gasteiger partial charge in [-0.3, -0.25) is 9.89 Å². The molecule has 2 aromatic carbocycles. The molecule has 138 valence electrons. The minimum Gasteiger partial charge on any atom is -0.486 e. The van der Waals surface area contributed by atoms with E-state index in [1.807, 2.05) is 56.3 Å². The Morgan fingerprint density at radius 3 is 2.59 bits per heavy atom. The maximum Gasteiger partial charge on any atom is 0.269 e. The summed E-state index contributed by atoms with van der Waals surface area (Å²) in [7, 11) is 0. The van der Waals surface area contributed by atoms with Crippen molar-refractivity contribution in [1.29, 1.82) is 0 Å². The van der Waals surface area contributed by atoms with Gasteiger partial charge in [-0.05, 0) is 37.6 Å². The summed E-state index contributed by atoms with van der Waals surface area (Å²) in [5.41, 5.74) is 4.27. The van der Waals surface area contributed by atoms with E-state index in [0.29, 0.717) is 24.7 Å². The fourth-order valence-electron chi connectivity index (χ4n) is 3.00. The van der Waals surface area contributed by atoms with Gasteiger partial charge in [-0.15, -0.1) is 0 Å². The molecule has 0 bridgehead atoms. The average Bonchev–Trinajstić information content (AvgIpc) is 3.18. The molecule has 1 atom stereocenters. The molecular weight excluding hydrogens is 342 g/mol. The van der Waals surface area contributed by atoms with Crippen LogP contribution in [0.15, 0.2) is 48.5 Å². The lowest BCUT2D eigenvalue weighted by Gasteiger charge is -2.21. The number of H-pyrrole nitrogens is 1. The summed E-state index contributed by atoms with van der Waals surface area (Å²) in [6.45, 7) is 5.06. The van der Waals surface area contributed by atoms with Crippen molar-refractivity contribution >= 4 is 5.91 Å². The third-order valence-electron chi connectivity index (χ3n) is 4.58. The van der Waals surface area contributed by atoms with Gasteiger partial charge in [-0.25, -0.2) is 0 Å². The summed E-state index contributed by atoms with van der Waals surface area (Å²) in [5.74, 6) is 1.24. The molecule has 27 heavy (non-hydrogen) atoms. The van der Waals surface area contributed by atoms with Crippen molar-refractivity contribution in [3.8, 4) is 22.8 Å². The van der Waals surface area contributed by atoms with Crippen LogP contribution in [-0.4, -0.2) is 29.3 Å². The number of aromatic amines is 1. The quantitative estimate of drug-likeness (QED) is 0.742. The highest BCUT2D eigenvalue weighted by molar-refractivity contribution is 5.93. The fourth-order valence-corrected chi connectivity index (χ4v) is 3.00. The lowest BCUT2D eigenvalue weighted by molar-refractivity contribution is 0.0934. The Morgan fingerprint density at radius 2 is 1.81 bits per heavy atom. The van der Waals surface area contributed by atoms with Gasteiger partial charge in [0, 0.05) is 5.56 Å². The summed E-state index contributed by atoms with van der Waals surface area (Å²) < 4.78 is 11.1. The lowest BCUT2D eigenvalue weighted by atomic mass is 10.1. The maximum absolute atomic E-state index is 12.6. The largest absolute Gasteiger partial charge is 0.486 e. The van der Waals surface area contributed by atoms with Gasteiger partial charge in [-0.1, -0.05) is 35.9 Å².